The minimum absolute atomic E-state index is 0.0302. The number of nitrogens with one attached hydrogen (secondary N) is 2. The molecule has 3 unspecified atom stereocenters. The number of piperidine rings is 1. The van der Waals surface area contributed by atoms with Gasteiger partial charge in [-0.25, -0.2) is 0 Å². The van der Waals surface area contributed by atoms with E-state index in [2.05, 4.69) is 24.5 Å². The lowest BCUT2D eigenvalue weighted by Gasteiger charge is -2.34. The fourth-order valence-electron chi connectivity index (χ4n) is 2.76. The maximum Gasteiger partial charge on any atom is 0.251 e. The molecule has 1 heterocycles. The van der Waals surface area contributed by atoms with Crippen LogP contribution in [0.3, 0.4) is 0 Å². The van der Waals surface area contributed by atoms with Crippen LogP contribution in [-0.4, -0.2) is 30.1 Å². The summed E-state index contributed by atoms with van der Waals surface area (Å²) >= 11 is 0. The first-order valence-corrected chi connectivity index (χ1v) is 7.79. The van der Waals surface area contributed by atoms with E-state index in [1.807, 2.05) is 32.0 Å². The number of hydrogen-bond donors (Lipinski definition) is 2. The summed E-state index contributed by atoms with van der Waals surface area (Å²) in [5.41, 5.74) is 0.652. The normalized spacial score (nSPS) is 25.7. The minimum atomic E-state index is -0.0302. The van der Waals surface area contributed by atoms with E-state index in [0.717, 1.165) is 18.6 Å². The van der Waals surface area contributed by atoms with Crippen molar-refractivity contribution in [3.63, 3.8) is 0 Å². The Hall–Kier alpha value is -1.55. The first-order chi connectivity index (χ1) is 9.95. The number of benzene rings is 1. The van der Waals surface area contributed by atoms with Crippen LogP contribution in [0.4, 0.5) is 0 Å². The predicted molar refractivity (Wildman–Crippen MR) is 84.8 cm³/mol. The molecule has 21 heavy (non-hydrogen) atoms. The molecule has 2 rings (SSSR count). The topological polar surface area (TPSA) is 50.4 Å². The van der Waals surface area contributed by atoms with Gasteiger partial charge in [-0.3, -0.25) is 4.79 Å². The van der Waals surface area contributed by atoms with Gasteiger partial charge < -0.3 is 15.4 Å². The molecule has 1 aliphatic rings. The summed E-state index contributed by atoms with van der Waals surface area (Å²) < 4.78 is 5.64. The third-order valence-electron chi connectivity index (χ3n) is 3.85. The van der Waals surface area contributed by atoms with Crippen molar-refractivity contribution in [3.8, 4) is 5.75 Å². The third-order valence-corrected chi connectivity index (χ3v) is 3.85. The van der Waals surface area contributed by atoms with E-state index in [-0.39, 0.29) is 18.1 Å². The lowest BCUT2D eigenvalue weighted by molar-refractivity contribution is 0.0913. The lowest BCUT2D eigenvalue weighted by Crippen LogP contribution is -2.54. The molecule has 2 N–H and O–H groups in total. The summed E-state index contributed by atoms with van der Waals surface area (Å²) in [5.74, 6) is 0.707. The molecule has 1 aliphatic heterocycles. The first-order valence-electron chi connectivity index (χ1n) is 7.79. The second kappa shape index (κ2) is 6.94. The zero-order valence-corrected chi connectivity index (χ0v) is 13.3. The maximum absolute atomic E-state index is 12.4. The van der Waals surface area contributed by atoms with Crippen LogP contribution in [0.2, 0.25) is 0 Å². The molecule has 0 aliphatic carbocycles. The average Bonchev–Trinajstić information content (AvgIpc) is 2.41. The van der Waals surface area contributed by atoms with Gasteiger partial charge in [0.05, 0.1) is 6.10 Å². The first kappa shape index (κ1) is 15.8. The third kappa shape index (κ3) is 4.46. The van der Waals surface area contributed by atoms with Gasteiger partial charge in [-0.1, -0.05) is 6.07 Å². The van der Waals surface area contributed by atoms with E-state index >= 15 is 0 Å². The molecule has 1 aromatic carbocycles. The van der Waals surface area contributed by atoms with Crippen molar-refractivity contribution >= 4 is 5.91 Å². The Kier molecular flexibility index (Phi) is 5.23. The van der Waals surface area contributed by atoms with Gasteiger partial charge in [0.25, 0.3) is 5.91 Å². The quantitative estimate of drug-likeness (QED) is 0.896. The number of carbonyl (C=O) groups excluding carboxylic acids is 1. The van der Waals surface area contributed by atoms with Crippen molar-refractivity contribution < 1.29 is 9.53 Å². The van der Waals surface area contributed by atoms with Gasteiger partial charge in [0, 0.05) is 23.7 Å². The fraction of sp³-hybridized carbons (Fsp3) is 0.588. The number of ether oxygens (including phenoxy) is 1. The largest absolute Gasteiger partial charge is 0.491 e. The van der Waals surface area contributed by atoms with E-state index < -0.39 is 0 Å². The molecule has 4 heteroatoms. The summed E-state index contributed by atoms with van der Waals surface area (Å²) in [6.45, 7) is 8.26. The number of hydrogen-bond acceptors (Lipinski definition) is 3. The number of carbonyl (C=O) groups is 1. The monoisotopic (exact) mass is 290 g/mol. The molecule has 0 aromatic heterocycles. The molecule has 4 nitrogen and oxygen atoms in total. The Labute approximate surface area is 127 Å². The lowest BCUT2D eigenvalue weighted by atomic mass is 9.95. The summed E-state index contributed by atoms with van der Waals surface area (Å²) in [4.78, 5) is 12.4. The Bertz CT molecular complexity index is 487. The molecule has 0 spiro atoms. The van der Waals surface area contributed by atoms with Crippen molar-refractivity contribution in [3.05, 3.63) is 29.8 Å². The Morgan fingerprint density at radius 2 is 2.10 bits per heavy atom. The molecular formula is C17H26N2O2. The van der Waals surface area contributed by atoms with Crippen LogP contribution in [0.5, 0.6) is 5.75 Å². The second-order valence-electron chi connectivity index (χ2n) is 6.21. The van der Waals surface area contributed by atoms with Gasteiger partial charge in [-0.2, -0.15) is 0 Å². The highest BCUT2D eigenvalue weighted by atomic mass is 16.5. The van der Waals surface area contributed by atoms with Crippen molar-refractivity contribution in [2.45, 2.75) is 64.8 Å². The van der Waals surface area contributed by atoms with E-state index in [4.69, 9.17) is 4.74 Å². The van der Waals surface area contributed by atoms with Crippen LogP contribution in [0.15, 0.2) is 24.3 Å². The van der Waals surface area contributed by atoms with Crippen molar-refractivity contribution in [1.82, 2.24) is 10.6 Å². The average molecular weight is 290 g/mol. The minimum Gasteiger partial charge on any atom is -0.491 e. The van der Waals surface area contributed by atoms with Crippen molar-refractivity contribution in [2.24, 2.45) is 0 Å². The highest BCUT2D eigenvalue weighted by molar-refractivity contribution is 5.94. The van der Waals surface area contributed by atoms with Crippen LogP contribution < -0.4 is 15.4 Å². The molecule has 0 bridgehead atoms. The van der Waals surface area contributed by atoms with Gasteiger partial charge in [-0.15, -0.1) is 0 Å². The van der Waals surface area contributed by atoms with Crippen LogP contribution >= 0.6 is 0 Å². The predicted octanol–water partition coefficient (Wildman–Crippen LogP) is 2.73. The van der Waals surface area contributed by atoms with Crippen molar-refractivity contribution in [1.29, 1.82) is 0 Å². The summed E-state index contributed by atoms with van der Waals surface area (Å²) in [6.07, 6.45) is 2.21. The van der Waals surface area contributed by atoms with Gasteiger partial charge in [-0.05, 0) is 58.7 Å². The van der Waals surface area contributed by atoms with E-state index in [9.17, 15) is 4.79 Å². The van der Waals surface area contributed by atoms with Gasteiger partial charge >= 0.3 is 0 Å². The summed E-state index contributed by atoms with van der Waals surface area (Å²) in [5, 5.41) is 6.61. The Morgan fingerprint density at radius 1 is 1.33 bits per heavy atom. The van der Waals surface area contributed by atoms with Crippen molar-refractivity contribution in [2.75, 3.05) is 0 Å². The Morgan fingerprint density at radius 3 is 2.76 bits per heavy atom. The molecule has 0 saturated carbocycles. The van der Waals surface area contributed by atoms with E-state index in [1.165, 1.54) is 0 Å². The van der Waals surface area contributed by atoms with E-state index in [0.29, 0.717) is 17.6 Å². The van der Waals surface area contributed by atoms with Gasteiger partial charge in [0.1, 0.15) is 5.75 Å². The second-order valence-corrected chi connectivity index (χ2v) is 6.21. The number of amides is 1. The van der Waals surface area contributed by atoms with Crippen LogP contribution in [-0.2, 0) is 0 Å². The highest BCUT2D eigenvalue weighted by Gasteiger charge is 2.26. The zero-order chi connectivity index (χ0) is 15.4. The van der Waals surface area contributed by atoms with Gasteiger partial charge in [0.15, 0.2) is 0 Å². The summed E-state index contributed by atoms with van der Waals surface area (Å²) in [7, 11) is 0. The Balaban J connectivity index is 2.00. The standard InChI is InChI=1S/C17H26N2O2/c1-11(2)21-15-7-5-6-14(10-15)17(20)19-16-9-8-12(3)18-13(16)4/h5-7,10-13,16,18H,8-9H2,1-4H3,(H,19,20). The summed E-state index contributed by atoms with van der Waals surface area (Å²) in [6, 6.07) is 8.37. The smallest absolute Gasteiger partial charge is 0.251 e. The van der Waals surface area contributed by atoms with Crippen LogP contribution in [0.25, 0.3) is 0 Å². The number of rotatable bonds is 4. The molecule has 116 valence electrons. The molecule has 1 amide bonds. The molecule has 1 aromatic rings. The maximum atomic E-state index is 12.4. The zero-order valence-electron chi connectivity index (χ0n) is 13.3. The van der Waals surface area contributed by atoms with E-state index in [1.54, 1.807) is 6.07 Å². The molecule has 3 atom stereocenters. The van der Waals surface area contributed by atoms with Crippen LogP contribution in [0, 0.1) is 0 Å². The fourth-order valence-corrected chi connectivity index (χ4v) is 2.76. The highest BCUT2D eigenvalue weighted by Crippen LogP contribution is 2.17. The molecule has 1 saturated heterocycles. The SMILES string of the molecule is CC1CCC(NC(=O)c2cccc(OC(C)C)c2)C(C)N1. The molecule has 1 fully saturated rings. The molecular weight excluding hydrogens is 264 g/mol. The molecule has 0 radical (unpaired) electrons. The van der Waals surface area contributed by atoms with Gasteiger partial charge in [0.2, 0.25) is 0 Å². The van der Waals surface area contributed by atoms with Crippen LogP contribution in [0.1, 0.15) is 50.9 Å².